The van der Waals surface area contributed by atoms with Gasteiger partial charge in [-0.3, -0.25) is 0 Å². The second-order valence-electron chi connectivity index (χ2n) is 28.2. The van der Waals surface area contributed by atoms with Gasteiger partial charge in [-0.1, -0.05) is 295 Å². The Hall–Kier alpha value is -14.1. The predicted octanol–water partition coefficient (Wildman–Crippen LogP) is 25.5. The van der Waals surface area contributed by atoms with Gasteiger partial charge in [-0.2, -0.15) is 0 Å². The molecule has 0 amide bonds. The van der Waals surface area contributed by atoms with Gasteiger partial charge < -0.3 is 9.13 Å². The third kappa shape index (κ3) is 12.2. The molecule has 108 heavy (non-hydrogen) atoms. The second kappa shape index (κ2) is 27.2. The van der Waals surface area contributed by atoms with Crippen molar-refractivity contribution in [2.45, 2.75) is 27.7 Å². The maximum absolute atomic E-state index is 5.44. The molecule has 15 aromatic carbocycles. The molecule has 8 heteroatoms. The summed E-state index contributed by atoms with van der Waals surface area (Å²) in [5.74, 6) is 3.46. The van der Waals surface area contributed by atoms with E-state index in [2.05, 4.69) is 316 Å². The summed E-state index contributed by atoms with van der Waals surface area (Å²) >= 11 is 0. The van der Waals surface area contributed by atoms with Crippen LogP contribution in [0.25, 0.3) is 190 Å². The van der Waals surface area contributed by atoms with Gasteiger partial charge in [0.15, 0.2) is 34.9 Å². The summed E-state index contributed by atoms with van der Waals surface area (Å²) in [6.07, 6.45) is 0. The zero-order valence-electron chi connectivity index (χ0n) is 60.1. The minimum Gasteiger partial charge on any atom is -0.308 e. The minimum absolute atomic E-state index is 0.556. The van der Waals surface area contributed by atoms with Crippen LogP contribution in [0, 0.1) is 27.7 Å². The molecule has 19 aromatic rings. The van der Waals surface area contributed by atoms with Crippen molar-refractivity contribution in [3.8, 4) is 146 Å². The zero-order chi connectivity index (χ0) is 72.3. The summed E-state index contributed by atoms with van der Waals surface area (Å²) in [6.45, 7) is 8.56. The fourth-order valence-electron chi connectivity index (χ4n) is 15.2. The van der Waals surface area contributed by atoms with E-state index >= 15 is 0 Å². The summed E-state index contributed by atoms with van der Waals surface area (Å²) < 4.78 is 4.86. The van der Waals surface area contributed by atoms with Crippen LogP contribution in [0.15, 0.2) is 352 Å². The molecule has 0 atom stereocenters. The average Bonchev–Trinajstić information content (AvgIpc) is 1.57. The highest BCUT2D eigenvalue weighted by Gasteiger charge is 2.25. The van der Waals surface area contributed by atoms with Crippen LogP contribution in [-0.4, -0.2) is 39.0 Å². The van der Waals surface area contributed by atoms with Gasteiger partial charge in [-0.05, 0) is 173 Å². The van der Waals surface area contributed by atoms with Gasteiger partial charge >= 0.3 is 0 Å². The van der Waals surface area contributed by atoms with Crippen molar-refractivity contribution < 1.29 is 0 Å². The highest BCUT2D eigenvalue weighted by atomic mass is 15.1. The highest BCUT2D eigenvalue weighted by molar-refractivity contribution is 6.14. The topological polar surface area (TPSA) is 87.2 Å². The molecule has 19 rings (SSSR count). The number of hydrogen-bond donors (Lipinski definition) is 0. The van der Waals surface area contributed by atoms with Crippen molar-refractivity contribution in [3.63, 3.8) is 0 Å². The van der Waals surface area contributed by atoms with Crippen LogP contribution in [0.4, 0.5) is 0 Å². The zero-order valence-corrected chi connectivity index (χ0v) is 60.1. The lowest BCUT2D eigenvalue weighted by Crippen LogP contribution is -2.04. The Morgan fingerprint density at radius 2 is 0.380 bits per heavy atom. The Labute approximate surface area is 627 Å². The molecular formula is C100H70N8. The van der Waals surface area contributed by atoms with Gasteiger partial charge in [0.2, 0.25) is 0 Å². The predicted molar refractivity (Wildman–Crippen MR) is 446 cm³/mol. The molecule has 0 unspecified atom stereocenters. The largest absolute Gasteiger partial charge is 0.308 e. The van der Waals surface area contributed by atoms with Gasteiger partial charge in [0.25, 0.3) is 0 Å². The number of aryl methyl sites for hydroxylation is 4. The van der Waals surface area contributed by atoms with Gasteiger partial charge in [-0.25, -0.2) is 29.9 Å². The summed E-state index contributed by atoms with van der Waals surface area (Å²) in [6, 6.07) is 126. The number of fused-ring (bicyclic) bond motifs is 6. The lowest BCUT2D eigenvalue weighted by atomic mass is 9.96. The lowest BCUT2D eigenvalue weighted by Gasteiger charge is -2.18. The average molecular weight is 1380 g/mol. The SMILES string of the molecule is Cc1ccc(-c2ccc3c(c2)c2cc(-c4ccc(C)cc4)ccc2n3-c2cc(-c3cccc(-c4ccc(-c5nc(-c6ccccc6)nc(-c6ccccc6)n5)c(-n5c6ccc(-c7ccc(C)cc7)cc6c6cc(-c7ccc(C)cc7)ccc65)c4)c3)ccc2-c2nc(-c3ccccc3)nc(-c3ccccc3)n2)cc1. The van der Waals surface area contributed by atoms with Crippen LogP contribution in [0.5, 0.6) is 0 Å². The van der Waals surface area contributed by atoms with Crippen LogP contribution in [0.1, 0.15) is 22.3 Å². The maximum atomic E-state index is 5.44. The molecule has 0 spiro atoms. The van der Waals surface area contributed by atoms with Crippen molar-refractivity contribution in [1.82, 2.24) is 39.0 Å². The van der Waals surface area contributed by atoms with E-state index in [0.29, 0.717) is 34.9 Å². The first-order chi connectivity index (χ1) is 53.1. The van der Waals surface area contributed by atoms with E-state index in [4.69, 9.17) is 29.9 Å². The first-order valence-corrected chi connectivity index (χ1v) is 36.7. The van der Waals surface area contributed by atoms with E-state index in [1.807, 2.05) is 72.8 Å². The molecule has 0 bridgehead atoms. The first kappa shape index (κ1) is 64.7. The summed E-state index contributed by atoms with van der Waals surface area (Å²) in [5, 5.41) is 4.52. The summed E-state index contributed by atoms with van der Waals surface area (Å²) in [4.78, 5) is 32.1. The quantitative estimate of drug-likeness (QED) is 0.108. The summed E-state index contributed by atoms with van der Waals surface area (Å²) in [7, 11) is 0. The van der Waals surface area contributed by atoms with E-state index in [9.17, 15) is 0 Å². The Balaban J connectivity index is 0.837. The number of benzene rings is 15. The van der Waals surface area contributed by atoms with Crippen LogP contribution in [0.2, 0.25) is 0 Å². The normalized spacial score (nSPS) is 11.5. The first-order valence-electron chi connectivity index (χ1n) is 36.7. The monoisotopic (exact) mass is 1380 g/mol. The Morgan fingerprint density at radius 1 is 0.167 bits per heavy atom. The van der Waals surface area contributed by atoms with Gasteiger partial charge in [0, 0.05) is 54.9 Å². The molecule has 0 N–H and O–H groups in total. The third-order valence-electron chi connectivity index (χ3n) is 21.0. The molecule has 8 nitrogen and oxygen atoms in total. The molecule has 510 valence electrons. The van der Waals surface area contributed by atoms with Crippen molar-refractivity contribution in [2.75, 3.05) is 0 Å². The molecule has 0 radical (unpaired) electrons. The van der Waals surface area contributed by atoms with Crippen molar-refractivity contribution in [1.29, 1.82) is 0 Å². The van der Waals surface area contributed by atoms with Gasteiger partial charge in [0.1, 0.15) is 0 Å². The number of hydrogen-bond acceptors (Lipinski definition) is 6. The standard InChI is InChI=1S/C100H70N8/c1-63-28-36-67(37-29-63)77-46-52-89-85(57-77)86-58-78(68-38-30-64(2)31-39-68)47-53-90(86)107(89)93-61-81(44-50-83(93)99-103-95(71-18-9-5-10-19-71)101-96(104-99)72-20-11-6-12-21-72)75-26-17-27-76(56-75)82-45-51-84(100-105-97(73-22-13-7-14-23-73)102-98(106-100)74-24-15-8-16-25-74)94(62-82)108-91-54-48-79(69-40-32-65(3)33-41-69)59-87(91)88-60-80(49-55-92(88)108)70-42-34-66(4)35-43-70/h5-62H,1-4H3. The number of aromatic nitrogens is 8. The smallest absolute Gasteiger partial charge is 0.166 e. The molecule has 0 aliphatic rings. The maximum Gasteiger partial charge on any atom is 0.166 e. The Kier molecular flexibility index (Phi) is 16.3. The lowest BCUT2D eigenvalue weighted by molar-refractivity contribution is 1.06. The third-order valence-corrected chi connectivity index (χ3v) is 21.0. The molecular weight excluding hydrogens is 1310 g/mol. The van der Waals surface area contributed by atoms with Crippen LogP contribution >= 0.6 is 0 Å². The second-order valence-corrected chi connectivity index (χ2v) is 28.2. The van der Waals surface area contributed by atoms with E-state index in [1.165, 1.54) is 22.3 Å². The highest BCUT2D eigenvalue weighted by Crippen LogP contribution is 2.45. The fourth-order valence-corrected chi connectivity index (χ4v) is 15.2. The molecule has 0 saturated heterocycles. The molecule has 0 aliphatic carbocycles. The molecule has 0 saturated carbocycles. The number of nitrogens with zero attached hydrogens (tertiary/aromatic N) is 8. The fraction of sp³-hybridized carbons (Fsp3) is 0.0400. The molecule has 0 aliphatic heterocycles. The molecule has 0 fully saturated rings. The van der Waals surface area contributed by atoms with Crippen LogP contribution in [-0.2, 0) is 0 Å². The van der Waals surface area contributed by atoms with Crippen molar-refractivity contribution in [2.24, 2.45) is 0 Å². The van der Waals surface area contributed by atoms with Gasteiger partial charge in [0.05, 0.1) is 33.4 Å². The molecule has 4 aromatic heterocycles. The summed E-state index contributed by atoms with van der Waals surface area (Å²) in [5.41, 5.74) is 29.5. The van der Waals surface area contributed by atoms with E-state index < -0.39 is 0 Å². The minimum atomic E-state index is 0.556. The van der Waals surface area contributed by atoms with E-state index in [-0.39, 0.29) is 0 Å². The Bertz CT molecular complexity index is 5920. The Morgan fingerprint density at radius 3 is 0.648 bits per heavy atom. The van der Waals surface area contributed by atoms with Crippen LogP contribution in [0.3, 0.4) is 0 Å². The van der Waals surface area contributed by atoms with Crippen LogP contribution < -0.4 is 0 Å². The van der Waals surface area contributed by atoms with Crippen molar-refractivity contribution in [3.05, 3.63) is 374 Å². The van der Waals surface area contributed by atoms with E-state index in [1.54, 1.807) is 0 Å². The van der Waals surface area contributed by atoms with E-state index in [0.717, 1.165) is 155 Å². The van der Waals surface area contributed by atoms with Gasteiger partial charge in [-0.15, -0.1) is 0 Å². The van der Waals surface area contributed by atoms with Crippen molar-refractivity contribution >= 4 is 43.6 Å². The molecule has 4 heterocycles. The number of rotatable bonds is 14.